The number of carbonyl (C=O) groups excluding carboxylic acids is 4. The van der Waals surface area contributed by atoms with Gasteiger partial charge in [0.25, 0.3) is 0 Å². The third kappa shape index (κ3) is 10.4. The van der Waals surface area contributed by atoms with Crippen LogP contribution in [0.4, 0.5) is 0 Å². The first-order valence-electron chi connectivity index (χ1n) is 12.9. The number of primary amides is 1. The molecule has 12 nitrogen and oxygen atoms in total. The third-order valence-electron chi connectivity index (χ3n) is 6.24. The van der Waals surface area contributed by atoms with Crippen LogP contribution in [0.25, 0.3) is 0 Å². The lowest BCUT2D eigenvalue weighted by molar-refractivity contribution is -0.142. The molecular formula is C28H37N5O7. The number of nitrogens with two attached hydrogens (primary N) is 2. The zero-order valence-electron chi connectivity index (χ0n) is 22.5. The highest BCUT2D eigenvalue weighted by Gasteiger charge is 2.31. The van der Waals surface area contributed by atoms with Crippen LogP contribution in [0.15, 0.2) is 54.6 Å². The lowest BCUT2D eigenvalue weighted by Crippen LogP contribution is -2.58. The summed E-state index contributed by atoms with van der Waals surface area (Å²) in [6, 6.07) is 10.0. The van der Waals surface area contributed by atoms with Crippen LogP contribution < -0.4 is 27.4 Å². The van der Waals surface area contributed by atoms with E-state index in [0.29, 0.717) is 5.56 Å². The van der Waals surface area contributed by atoms with E-state index in [9.17, 15) is 34.2 Å². The van der Waals surface area contributed by atoms with Crippen LogP contribution in [0.5, 0.6) is 5.75 Å². The monoisotopic (exact) mass is 555 g/mol. The first kappa shape index (κ1) is 31.8. The molecule has 0 aliphatic heterocycles. The SMILES string of the molecule is CC(C)C(N)C(=O)NC(Cc1ccccc1)C(=O)NC(CCC(N)=O)C(=O)NC(Cc1ccc(O)cc1)C(=O)O. The van der Waals surface area contributed by atoms with Gasteiger partial charge in [0.15, 0.2) is 0 Å². The molecule has 2 aromatic carbocycles. The Labute approximate surface area is 232 Å². The highest BCUT2D eigenvalue weighted by Crippen LogP contribution is 2.12. The lowest BCUT2D eigenvalue weighted by Gasteiger charge is -2.26. The number of benzene rings is 2. The van der Waals surface area contributed by atoms with Gasteiger partial charge < -0.3 is 37.6 Å². The van der Waals surface area contributed by atoms with Crippen molar-refractivity contribution in [2.45, 2.75) is 63.7 Å². The van der Waals surface area contributed by atoms with Crippen molar-refractivity contribution in [3.05, 3.63) is 65.7 Å². The average Bonchev–Trinajstić information content (AvgIpc) is 2.90. The minimum absolute atomic E-state index is 0.000358. The minimum Gasteiger partial charge on any atom is -0.508 e. The molecule has 0 spiro atoms. The molecule has 0 saturated carbocycles. The van der Waals surface area contributed by atoms with E-state index >= 15 is 0 Å². The van der Waals surface area contributed by atoms with Crippen LogP contribution in [-0.2, 0) is 36.8 Å². The summed E-state index contributed by atoms with van der Waals surface area (Å²) in [4.78, 5) is 62.6. The van der Waals surface area contributed by atoms with Crippen molar-refractivity contribution in [2.75, 3.05) is 0 Å². The number of hydrogen-bond donors (Lipinski definition) is 7. The standard InChI is InChI=1S/C28H37N5O7/c1-16(2)24(30)27(38)32-21(14-17-6-4-3-5-7-17)26(37)31-20(12-13-23(29)35)25(36)33-22(28(39)40)15-18-8-10-19(34)11-9-18/h3-11,16,20-22,24,34H,12-15,30H2,1-2H3,(H2,29,35)(H,31,37)(H,32,38)(H,33,36)(H,39,40). The molecule has 4 amide bonds. The Morgan fingerprint density at radius 3 is 1.80 bits per heavy atom. The molecule has 0 heterocycles. The van der Waals surface area contributed by atoms with E-state index in [1.54, 1.807) is 44.2 Å². The summed E-state index contributed by atoms with van der Waals surface area (Å²) in [6.45, 7) is 3.52. The second-order valence-electron chi connectivity index (χ2n) is 9.86. The van der Waals surface area contributed by atoms with E-state index in [2.05, 4.69) is 16.0 Å². The number of phenolic OH excluding ortho intramolecular Hbond substituents is 1. The molecule has 2 rings (SSSR count). The number of rotatable bonds is 15. The number of aromatic hydroxyl groups is 1. The van der Waals surface area contributed by atoms with Gasteiger partial charge in [-0.1, -0.05) is 56.3 Å². The normalized spacial score (nSPS) is 13.9. The van der Waals surface area contributed by atoms with E-state index in [1.807, 2.05) is 0 Å². The number of phenols is 1. The van der Waals surface area contributed by atoms with Crippen molar-refractivity contribution in [2.24, 2.45) is 17.4 Å². The van der Waals surface area contributed by atoms with Crippen molar-refractivity contribution < 1.29 is 34.2 Å². The van der Waals surface area contributed by atoms with E-state index in [4.69, 9.17) is 11.5 Å². The number of carboxylic acid groups (broad SMARTS) is 1. The topological polar surface area (TPSA) is 214 Å². The second-order valence-corrected chi connectivity index (χ2v) is 9.86. The zero-order chi connectivity index (χ0) is 29.8. The number of carboxylic acids is 1. The molecule has 0 aliphatic rings. The Kier molecular flexibility index (Phi) is 12.1. The molecule has 9 N–H and O–H groups in total. The van der Waals surface area contributed by atoms with Crippen LogP contribution >= 0.6 is 0 Å². The molecule has 0 saturated heterocycles. The summed E-state index contributed by atoms with van der Waals surface area (Å²) >= 11 is 0. The third-order valence-corrected chi connectivity index (χ3v) is 6.24. The number of carbonyl (C=O) groups is 5. The molecule has 216 valence electrons. The summed E-state index contributed by atoms with van der Waals surface area (Å²) in [5, 5.41) is 26.7. The first-order valence-corrected chi connectivity index (χ1v) is 12.9. The van der Waals surface area contributed by atoms with Crippen molar-refractivity contribution in [1.29, 1.82) is 0 Å². The number of aliphatic carboxylic acids is 1. The molecule has 0 aliphatic carbocycles. The Bertz CT molecular complexity index is 1170. The lowest BCUT2D eigenvalue weighted by atomic mass is 10.0. The van der Waals surface area contributed by atoms with Gasteiger partial charge in [0.05, 0.1) is 6.04 Å². The summed E-state index contributed by atoms with van der Waals surface area (Å²) < 4.78 is 0. The summed E-state index contributed by atoms with van der Waals surface area (Å²) in [5.74, 6) is -4.35. The van der Waals surface area contributed by atoms with Gasteiger partial charge in [-0.05, 0) is 35.6 Å². The number of nitrogens with one attached hydrogen (secondary N) is 3. The highest BCUT2D eigenvalue weighted by molar-refractivity contribution is 5.94. The van der Waals surface area contributed by atoms with E-state index in [0.717, 1.165) is 5.56 Å². The molecule has 12 heteroatoms. The fourth-order valence-corrected chi connectivity index (χ4v) is 3.80. The van der Waals surface area contributed by atoms with Crippen LogP contribution in [0.3, 0.4) is 0 Å². The fourth-order valence-electron chi connectivity index (χ4n) is 3.80. The largest absolute Gasteiger partial charge is 0.508 e. The average molecular weight is 556 g/mol. The molecule has 0 fully saturated rings. The quantitative estimate of drug-likeness (QED) is 0.158. The number of amides is 4. The van der Waals surface area contributed by atoms with E-state index in [1.165, 1.54) is 24.3 Å². The number of hydrogen-bond acceptors (Lipinski definition) is 7. The van der Waals surface area contributed by atoms with Crippen molar-refractivity contribution in [3.8, 4) is 5.75 Å². The molecule has 4 unspecified atom stereocenters. The van der Waals surface area contributed by atoms with Gasteiger partial charge in [0.1, 0.15) is 23.9 Å². The smallest absolute Gasteiger partial charge is 0.326 e. The molecule has 0 bridgehead atoms. The minimum atomic E-state index is -1.37. The van der Waals surface area contributed by atoms with Crippen molar-refractivity contribution in [3.63, 3.8) is 0 Å². The Morgan fingerprint density at radius 2 is 1.25 bits per heavy atom. The van der Waals surface area contributed by atoms with Gasteiger partial charge in [-0.25, -0.2) is 4.79 Å². The van der Waals surface area contributed by atoms with E-state index in [-0.39, 0.29) is 37.4 Å². The maximum atomic E-state index is 13.4. The molecule has 0 radical (unpaired) electrons. The summed E-state index contributed by atoms with van der Waals surface area (Å²) in [7, 11) is 0. The van der Waals surface area contributed by atoms with Crippen LogP contribution in [0, 0.1) is 5.92 Å². The maximum Gasteiger partial charge on any atom is 0.326 e. The predicted molar refractivity (Wildman–Crippen MR) is 147 cm³/mol. The van der Waals surface area contributed by atoms with Gasteiger partial charge in [-0.15, -0.1) is 0 Å². The molecular weight excluding hydrogens is 518 g/mol. The van der Waals surface area contributed by atoms with Gasteiger partial charge in [-0.3, -0.25) is 19.2 Å². The molecule has 4 atom stereocenters. The highest BCUT2D eigenvalue weighted by atomic mass is 16.4. The molecule has 0 aromatic heterocycles. The fraction of sp³-hybridized carbons (Fsp3) is 0.393. The van der Waals surface area contributed by atoms with Crippen molar-refractivity contribution >= 4 is 29.6 Å². The molecule has 40 heavy (non-hydrogen) atoms. The Hall–Kier alpha value is -4.45. The summed E-state index contributed by atoms with van der Waals surface area (Å²) in [5.41, 5.74) is 12.5. The molecule has 2 aromatic rings. The maximum absolute atomic E-state index is 13.4. The Morgan fingerprint density at radius 1 is 0.750 bits per heavy atom. The second kappa shape index (κ2) is 15.2. The Balaban J connectivity index is 2.24. The predicted octanol–water partition coefficient (Wildman–Crippen LogP) is -0.0348. The van der Waals surface area contributed by atoms with Crippen LogP contribution in [0.2, 0.25) is 0 Å². The van der Waals surface area contributed by atoms with Gasteiger partial charge in [0.2, 0.25) is 23.6 Å². The van der Waals surface area contributed by atoms with Crippen molar-refractivity contribution in [1.82, 2.24) is 16.0 Å². The van der Waals surface area contributed by atoms with E-state index < -0.39 is 53.8 Å². The van der Waals surface area contributed by atoms with Crippen LogP contribution in [-0.4, -0.2) is 64.0 Å². The van der Waals surface area contributed by atoms with Gasteiger partial charge in [0, 0.05) is 19.3 Å². The zero-order valence-corrected chi connectivity index (χ0v) is 22.5. The van der Waals surface area contributed by atoms with Crippen LogP contribution in [0.1, 0.15) is 37.8 Å². The summed E-state index contributed by atoms with van der Waals surface area (Å²) in [6.07, 6.45) is -0.471. The van der Waals surface area contributed by atoms with Gasteiger partial charge in [-0.2, -0.15) is 0 Å². The first-order chi connectivity index (χ1) is 18.9. The van der Waals surface area contributed by atoms with Gasteiger partial charge >= 0.3 is 5.97 Å².